The molecule has 0 aliphatic carbocycles. The summed E-state index contributed by atoms with van der Waals surface area (Å²) in [4.78, 5) is 26.2. The molecule has 6 nitrogen and oxygen atoms in total. The maximum absolute atomic E-state index is 12.4. The van der Waals surface area contributed by atoms with Crippen LogP contribution in [0.5, 0.6) is 5.75 Å². The van der Waals surface area contributed by atoms with Gasteiger partial charge >= 0.3 is 0 Å². The molecule has 2 atom stereocenters. The molecule has 0 aromatic heterocycles. The minimum atomic E-state index is -0.128. The standard InChI is InChI=1S/C16H20ClN3O3/c1-23-14-5-2-10(17)6-13(14)19-16(22)9-20-11-3-4-12(20)8-18-15(21)7-11/h2,5-6,11-12H,3-4,7-9H2,1H3,(H,18,21)(H,19,22). The molecule has 2 unspecified atom stereocenters. The second-order valence-corrected chi connectivity index (χ2v) is 6.39. The molecule has 2 bridgehead atoms. The minimum Gasteiger partial charge on any atom is -0.495 e. The number of nitrogens with one attached hydrogen (secondary N) is 2. The molecule has 1 aromatic carbocycles. The fourth-order valence-corrected chi connectivity index (χ4v) is 3.53. The van der Waals surface area contributed by atoms with Gasteiger partial charge in [0.15, 0.2) is 0 Å². The van der Waals surface area contributed by atoms with Crippen molar-refractivity contribution in [2.75, 3.05) is 25.5 Å². The molecule has 0 radical (unpaired) electrons. The highest BCUT2D eigenvalue weighted by atomic mass is 35.5. The number of ether oxygens (including phenoxy) is 1. The number of hydrogen-bond acceptors (Lipinski definition) is 4. The van der Waals surface area contributed by atoms with Crippen molar-refractivity contribution in [3.05, 3.63) is 23.2 Å². The molecule has 3 rings (SSSR count). The van der Waals surface area contributed by atoms with E-state index >= 15 is 0 Å². The molecule has 2 amide bonds. The van der Waals surface area contributed by atoms with Gasteiger partial charge in [-0.25, -0.2) is 0 Å². The van der Waals surface area contributed by atoms with Crippen LogP contribution in [0.2, 0.25) is 5.02 Å². The van der Waals surface area contributed by atoms with Crippen LogP contribution in [0.1, 0.15) is 19.3 Å². The summed E-state index contributed by atoms with van der Waals surface area (Å²) < 4.78 is 5.24. The van der Waals surface area contributed by atoms with E-state index in [9.17, 15) is 9.59 Å². The van der Waals surface area contributed by atoms with Gasteiger partial charge in [-0.05, 0) is 31.0 Å². The van der Waals surface area contributed by atoms with Crippen molar-refractivity contribution in [2.45, 2.75) is 31.3 Å². The first-order chi connectivity index (χ1) is 11.1. The van der Waals surface area contributed by atoms with Gasteiger partial charge in [-0.3, -0.25) is 14.5 Å². The van der Waals surface area contributed by atoms with Crippen LogP contribution in [-0.2, 0) is 9.59 Å². The van der Waals surface area contributed by atoms with E-state index in [0.29, 0.717) is 29.4 Å². The molecule has 23 heavy (non-hydrogen) atoms. The second-order valence-electron chi connectivity index (χ2n) is 5.96. The summed E-state index contributed by atoms with van der Waals surface area (Å²) >= 11 is 5.98. The number of nitrogens with zero attached hydrogens (tertiary/aromatic N) is 1. The number of amides is 2. The van der Waals surface area contributed by atoms with Crippen LogP contribution in [0.15, 0.2) is 18.2 Å². The Hall–Kier alpha value is -1.79. The van der Waals surface area contributed by atoms with E-state index in [1.165, 1.54) is 0 Å². The van der Waals surface area contributed by atoms with Gasteiger partial charge < -0.3 is 15.4 Å². The average molecular weight is 338 g/mol. The maximum atomic E-state index is 12.4. The van der Waals surface area contributed by atoms with Crippen molar-refractivity contribution in [1.82, 2.24) is 10.2 Å². The van der Waals surface area contributed by atoms with E-state index in [0.717, 1.165) is 12.8 Å². The van der Waals surface area contributed by atoms with Gasteiger partial charge in [-0.15, -0.1) is 0 Å². The molecular weight excluding hydrogens is 318 g/mol. The highest BCUT2D eigenvalue weighted by molar-refractivity contribution is 6.31. The summed E-state index contributed by atoms with van der Waals surface area (Å²) in [6.07, 6.45) is 2.44. The summed E-state index contributed by atoms with van der Waals surface area (Å²) in [7, 11) is 1.55. The van der Waals surface area contributed by atoms with Gasteiger partial charge in [0.2, 0.25) is 11.8 Å². The predicted octanol–water partition coefficient (Wildman–Crippen LogP) is 1.64. The number of fused-ring (bicyclic) bond motifs is 2. The molecule has 2 N–H and O–H groups in total. The van der Waals surface area contributed by atoms with Gasteiger partial charge in [0.25, 0.3) is 0 Å². The lowest BCUT2D eigenvalue weighted by molar-refractivity contribution is -0.122. The van der Waals surface area contributed by atoms with Crippen LogP contribution < -0.4 is 15.4 Å². The summed E-state index contributed by atoms with van der Waals surface area (Å²) in [5.41, 5.74) is 0.557. The number of halogens is 1. The Balaban J connectivity index is 1.68. The summed E-state index contributed by atoms with van der Waals surface area (Å²) in [6, 6.07) is 5.48. The summed E-state index contributed by atoms with van der Waals surface area (Å²) in [5, 5.41) is 6.29. The number of hydrogen-bond donors (Lipinski definition) is 2. The van der Waals surface area contributed by atoms with Crippen molar-refractivity contribution < 1.29 is 14.3 Å². The molecule has 0 saturated carbocycles. The third-order valence-corrected chi connectivity index (χ3v) is 4.72. The zero-order valence-electron chi connectivity index (χ0n) is 13.0. The van der Waals surface area contributed by atoms with Crippen LogP contribution >= 0.6 is 11.6 Å². The van der Waals surface area contributed by atoms with Crippen molar-refractivity contribution in [2.24, 2.45) is 0 Å². The molecule has 124 valence electrons. The minimum absolute atomic E-state index is 0.0686. The lowest BCUT2D eigenvalue weighted by Crippen LogP contribution is -2.42. The topological polar surface area (TPSA) is 70.7 Å². The summed E-state index contributed by atoms with van der Waals surface area (Å²) in [5.74, 6) is 0.509. The maximum Gasteiger partial charge on any atom is 0.238 e. The molecule has 7 heteroatoms. The Bertz CT molecular complexity index is 623. The first kappa shape index (κ1) is 16.1. The SMILES string of the molecule is COc1ccc(Cl)cc1NC(=O)CN1C2CCC1CC(=O)NC2. The fourth-order valence-electron chi connectivity index (χ4n) is 3.36. The molecular formula is C16H20ClN3O3. The lowest BCUT2D eigenvalue weighted by atomic mass is 10.1. The molecule has 2 aliphatic rings. The van der Waals surface area contributed by atoms with E-state index in [1.807, 2.05) is 0 Å². The first-order valence-electron chi connectivity index (χ1n) is 7.72. The van der Waals surface area contributed by atoms with Crippen molar-refractivity contribution in [3.63, 3.8) is 0 Å². The Morgan fingerprint density at radius 1 is 1.43 bits per heavy atom. The van der Waals surface area contributed by atoms with Gasteiger partial charge in [0.1, 0.15) is 5.75 Å². The third kappa shape index (κ3) is 3.59. The van der Waals surface area contributed by atoms with Crippen molar-refractivity contribution in [3.8, 4) is 5.75 Å². The van der Waals surface area contributed by atoms with Crippen LogP contribution in [0.25, 0.3) is 0 Å². The number of methoxy groups -OCH3 is 1. The summed E-state index contributed by atoms with van der Waals surface area (Å²) in [6.45, 7) is 0.878. The Morgan fingerprint density at radius 3 is 3.00 bits per heavy atom. The number of anilines is 1. The first-order valence-corrected chi connectivity index (χ1v) is 8.10. The van der Waals surface area contributed by atoms with E-state index in [1.54, 1.807) is 25.3 Å². The van der Waals surface area contributed by atoms with Crippen molar-refractivity contribution in [1.29, 1.82) is 0 Å². The van der Waals surface area contributed by atoms with Gasteiger partial charge in [0.05, 0.1) is 19.3 Å². The molecule has 2 fully saturated rings. The van der Waals surface area contributed by atoms with Gasteiger partial charge in [-0.1, -0.05) is 11.6 Å². The number of benzene rings is 1. The van der Waals surface area contributed by atoms with E-state index in [-0.39, 0.29) is 30.4 Å². The lowest BCUT2D eigenvalue weighted by Gasteiger charge is -2.26. The zero-order valence-corrected chi connectivity index (χ0v) is 13.7. The van der Waals surface area contributed by atoms with Gasteiger partial charge in [-0.2, -0.15) is 0 Å². The third-order valence-electron chi connectivity index (χ3n) is 4.49. The molecule has 2 aliphatic heterocycles. The van der Waals surface area contributed by atoms with Crippen LogP contribution in [0, 0.1) is 0 Å². The highest BCUT2D eigenvalue weighted by Gasteiger charge is 2.38. The number of rotatable bonds is 4. The molecule has 2 saturated heterocycles. The van der Waals surface area contributed by atoms with Crippen LogP contribution in [0.4, 0.5) is 5.69 Å². The monoisotopic (exact) mass is 337 g/mol. The van der Waals surface area contributed by atoms with E-state index < -0.39 is 0 Å². The normalized spacial score (nSPS) is 24.0. The second kappa shape index (κ2) is 6.76. The molecule has 2 heterocycles. The fraction of sp³-hybridized carbons (Fsp3) is 0.500. The quantitative estimate of drug-likeness (QED) is 0.876. The zero-order chi connectivity index (χ0) is 16.4. The number of carbonyl (C=O) groups excluding carboxylic acids is 2. The van der Waals surface area contributed by atoms with Crippen LogP contribution in [0.3, 0.4) is 0 Å². The van der Waals surface area contributed by atoms with E-state index in [4.69, 9.17) is 16.3 Å². The largest absolute Gasteiger partial charge is 0.495 e. The van der Waals surface area contributed by atoms with Crippen molar-refractivity contribution >= 4 is 29.1 Å². The Morgan fingerprint density at radius 2 is 2.22 bits per heavy atom. The number of carbonyl (C=O) groups is 2. The Labute approximate surface area is 140 Å². The average Bonchev–Trinajstić information content (AvgIpc) is 2.78. The van der Waals surface area contributed by atoms with Gasteiger partial charge in [0, 0.05) is 30.1 Å². The Kier molecular flexibility index (Phi) is 4.73. The van der Waals surface area contributed by atoms with E-state index in [2.05, 4.69) is 15.5 Å². The molecule has 0 spiro atoms. The molecule has 1 aromatic rings. The smallest absolute Gasteiger partial charge is 0.238 e. The highest BCUT2D eigenvalue weighted by Crippen LogP contribution is 2.30. The van der Waals surface area contributed by atoms with Crippen LogP contribution in [-0.4, -0.2) is 49.0 Å². The predicted molar refractivity (Wildman–Crippen MR) is 87.8 cm³/mol.